The maximum Gasteiger partial charge on any atom is 0.111 e. The fourth-order valence-electron chi connectivity index (χ4n) is 3.65. The van der Waals surface area contributed by atoms with Crippen LogP contribution in [0.1, 0.15) is 51.9 Å². The van der Waals surface area contributed by atoms with Crippen molar-refractivity contribution in [2.24, 2.45) is 0 Å². The lowest BCUT2D eigenvalue weighted by Crippen LogP contribution is -2.48. The van der Waals surface area contributed by atoms with Crippen LogP contribution in [0.2, 0.25) is 0 Å². The maximum absolute atomic E-state index is 4.27. The second-order valence-corrected chi connectivity index (χ2v) is 5.52. The van der Waals surface area contributed by atoms with Gasteiger partial charge in [-0.25, -0.2) is 0 Å². The van der Waals surface area contributed by atoms with E-state index in [0.29, 0.717) is 0 Å². The lowest BCUT2D eigenvalue weighted by Gasteiger charge is -2.34. The summed E-state index contributed by atoms with van der Waals surface area (Å²) in [4.78, 5) is 0. The maximum atomic E-state index is 4.27. The molecule has 2 atom stereocenters. The zero-order valence-corrected chi connectivity index (χ0v) is 10.3. The van der Waals surface area contributed by atoms with Crippen LogP contribution in [0.4, 0.5) is 0 Å². The first kappa shape index (κ1) is 11.2. The first-order valence-corrected chi connectivity index (χ1v) is 6.82. The first-order valence-electron chi connectivity index (χ1n) is 6.82. The second-order valence-electron chi connectivity index (χ2n) is 5.52. The molecule has 0 aliphatic carbocycles. The van der Waals surface area contributed by atoms with E-state index < -0.39 is 0 Å². The summed E-state index contributed by atoms with van der Waals surface area (Å²) in [7, 11) is 0. The van der Waals surface area contributed by atoms with Gasteiger partial charge in [0, 0.05) is 19.3 Å². The van der Waals surface area contributed by atoms with Crippen LogP contribution in [-0.2, 0) is 0 Å². The monoisotopic (exact) mass is 208 g/mol. The molecule has 2 aliphatic heterocycles. The molecule has 15 heavy (non-hydrogen) atoms. The van der Waals surface area contributed by atoms with Crippen LogP contribution < -0.4 is 0 Å². The lowest BCUT2D eigenvalue weighted by molar-refractivity contribution is -0.924. The summed E-state index contributed by atoms with van der Waals surface area (Å²) < 4.78 is 1.42. The number of fused-ring (bicyclic) bond motifs is 1. The van der Waals surface area contributed by atoms with Gasteiger partial charge < -0.3 is 4.48 Å². The summed E-state index contributed by atoms with van der Waals surface area (Å²) in [5, 5.41) is 0. The average Bonchev–Trinajstić information content (AvgIpc) is 2.76. The molecule has 2 saturated heterocycles. The normalized spacial score (nSPS) is 34.7. The summed E-state index contributed by atoms with van der Waals surface area (Å²) in [6.07, 6.45) is 9.83. The summed E-state index contributed by atoms with van der Waals surface area (Å²) in [6, 6.07) is 0.853. The van der Waals surface area contributed by atoms with Crippen LogP contribution in [0.25, 0.3) is 0 Å². The standard InChI is InChI=1S/C14H26N/c1-3-4-5-6-10-15-11-7-8-14(15)13(2)9-12-15/h14H,2-12H2,1H3/q+1. The van der Waals surface area contributed by atoms with Crippen molar-refractivity contribution in [3.8, 4) is 0 Å². The van der Waals surface area contributed by atoms with Crippen molar-refractivity contribution in [1.82, 2.24) is 0 Å². The molecule has 0 spiro atoms. The van der Waals surface area contributed by atoms with E-state index in [2.05, 4.69) is 13.5 Å². The fourth-order valence-corrected chi connectivity index (χ4v) is 3.65. The third-order valence-corrected chi connectivity index (χ3v) is 4.55. The molecular weight excluding hydrogens is 182 g/mol. The van der Waals surface area contributed by atoms with Gasteiger partial charge in [-0.05, 0) is 18.4 Å². The van der Waals surface area contributed by atoms with Gasteiger partial charge in [0.1, 0.15) is 6.04 Å². The van der Waals surface area contributed by atoms with Gasteiger partial charge in [-0.2, -0.15) is 0 Å². The second kappa shape index (κ2) is 4.69. The Balaban J connectivity index is 1.86. The zero-order valence-electron chi connectivity index (χ0n) is 10.3. The Morgan fingerprint density at radius 2 is 2.13 bits per heavy atom. The largest absolute Gasteiger partial charge is 0.317 e. The van der Waals surface area contributed by atoms with Crippen molar-refractivity contribution in [2.45, 2.75) is 57.9 Å². The predicted octanol–water partition coefficient (Wildman–Crippen LogP) is 3.51. The third kappa shape index (κ3) is 2.13. The molecule has 2 unspecified atom stereocenters. The number of quaternary nitrogens is 1. The van der Waals surface area contributed by atoms with Gasteiger partial charge in [0.25, 0.3) is 0 Å². The Labute approximate surface area is 94.8 Å². The number of unbranched alkanes of at least 4 members (excludes halogenated alkanes) is 3. The first-order chi connectivity index (χ1) is 7.28. The molecule has 0 radical (unpaired) electrons. The molecule has 0 saturated carbocycles. The van der Waals surface area contributed by atoms with Gasteiger partial charge in [0.05, 0.1) is 19.6 Å². The van der Waals surface area contributed by atoms with E-state index in [1.165, 1.54) is 69.1 Å². The molecule has 1 heteroatoms. The Hall–Kier alpha value is -0.300. The van der Waals surface area contributed by atoms with Crippen LogP contribution in [0.15, 0.2) is 12.2 Å². The van der Waals surface area contributed by atoms with Crippen molar-refractivity contribution in [3.63, 3.8) is 0 Å². The van der Waals surface area contributed by atoms with Gasteiger partial charge >= 0.3 is 0 Å². The highest BCUT2D eigenvalue weighted by molar-refractivity contribution is 5.08. The van der Waals surface area contributed by atoms with Gasteiger partial charge in [0.2, 0.25) is 0 Å². The molecule has 0 aromatic carbocycles. The van der Waals surface area contributed by atoms with E-state index >= 15 is 0 Å². The number of nitrogens with zero attached hydrogens (tertiary/aromatic N) is 1. The van der Waals surface area contributed by atoms with Gasteiger partial charge in [-0.3, -0.25) is 0 Å². The van der Waals surface area contributed by atoms with Gasteiger partial charge in [-0.1, -0.05) is 26.3 Å². The van der Waals surface area contributed by atoms with Crippen molar-refractivity contribution in [2.75, 3.05) is 19.6 Å². The van der Waals surface area contributed by atoms with E-state index in [-0.39, 0.29) is 0 Å². The lowest BCUT2D eigenvalue weighted by atomic mass is 10.1. The molecule has 2 rings (SSSR count). The van der Waals surface area contributed by atoms with Crippen LogP contribution in [0, 0.1) is 0 Å². The molecule has 0 bridgehead atoms. The highest BCUT2D eigenvalue weighted by Crippen LogP contribution is 2.39. The average molecular weight is 208 g/mol. The molecule has 0 N–H and O–H groups in total. The van der Waals surface area contributed by atoms with Gasteiger partial charge in [-0.15, -0.1) is 0 Å². The Kier molecular flexibility index (Phi) is 3.50. The number of hydrogen-bond donors (Lipinski definition) is 0. The minimum Gasteiger partial charge on any atom is -0.317 e. The summed E-state index contributed by atoms with van der Waals surface area (Å²) in [5.74, 6) is 0. The third-order valence-electron chi connectivity index (χ3n) is 4.55. The van der Waals surface area contributed by atoms with Crippen molar-refractivity contribution in [1.29, 1.82) is 0 Å². The van der Waals surface area contributed by atoms with E-state index in [9.17, 15) is 0 Å². The zero-order chi connectivity index (χ0) is 10.7. The Morgan fingerprint density at radius 1 is 1.27 bits per heavy atom. The summed E-state index contributed by atoms with van der Waals surface area (Å²) in [5.41, 5.74) is 1.56. The van der Waals surface area contributed by atoms with E-state index in [1.54, 1.807) is 5.57 Å². The topological polar surface area (TPSA) is 0 Å². The molecule has 1 nitrogen and oxygen atoms in total. The Bertz CT molecular complexity index is 233. The van der Waals surface area contributed by atoms with Crippen LogP contribution in [-0.4, -0.2) is 30.2 Å². The van der Waals surface area contributed by atoms with E-state index in [0.717, 1.165) is 6.04 Å². The minimum absolute atomic E-state index is 0.853. The SMILES string of the molecule is C=C1CC[N+]2(CCCCCC)CCCC12. The molecule has 86 valence electrons. The van der Waals surface area contributed by atoms with E-state index in [4.69, 9.17) is 0 Å². The van der Waals surface area contributed by atoms with E-state index in [1.807, 2.05) is 0 Å². The van der Waals surface area contributed by atoms with Crippen molar-refractivity contribution in [3.05, 3.63) is 12.2 Å². The van der Waals surface area contributed by atoms with Crippen LogP contribution >= 0.6 is 0 Å². The summed E-state index contributed by atoms with van der Waals surface area (Å²) in [6.45, 7) is 10.8. The highest BCUT2D eigenvalue weighted by Gasteiger charge is 2.46. The molecule has 2 aliphatic rings. The fraction of sp³-hybridized carbons (Fsp3) is 0.857. The predicted molar refractivity (Wildman–Crippen MR) is 65.8 cm³/mol. The quantitative estimate of drug-likeness (QED) is 0.368. The Morgan fingerprint density at radius 3 is 2.93 bits per heavy atom. The molecule has 0 aromatic rings. The number of rotatable bonds is 5. The van der Waals surface area contributed by atoms with Gasteiger partial charge in [0.15, 0.2) is 0 Å². The minimum atomic E-state index is 0.853. The number of hydrogen-bond acceptors (Lipinski definition) is 0. The molecule has 2 fully saturated rings. The molecule has 0 amide bonds. The molecular formula is C14H26N+. The van der Waals surface area contributed by atoms with Crippen LogP contribution in [0.5, 0.6) is 0 Å². The smallest absolute Gasteiger partial charge is 0.111 e. The summed E-state index contributed by atoms with van der Waals surface area (Å²) >= 11 is 0. The highest BCUT2D eigenvalue weighted by atomic mass is 15.4. The molecule has 0 aromatic heterocycles. The van der Waals surface area contributed by atoms with Crippen molar-refractivity contribution >= 4 is 0 Å². The van der Waals surface area contributed by atoms with Crippen molar-refractivity contribution < 1.29 is 4.48 Å². The molecule has 2 heterocycles. The van der Waals surface area contributed by atoms with Crippen LogP contribution in [0.3, 0.4) is 0 Å².